The van der Waals surface area contributed by atoms with Crippen molar-refractivity contribution in [1.82, 2.24) is 20.0 Å². The molecule has 1 aromatic heterocycles. The maximum Gasteiger partial charge on any atom is 0.247 e. The van der Waals surface area contributed by atoms with Crippen molar-refractivity contribution in [3.63, 3.8) is 0 Å². The van der Waals surface area contributed by atoms with Crippen molar-refractivity contribution < 1.29 is 9.21 Å². The molecule has 1 aromatic carbocycles. The predicted octanol–water partition coefficient (Wildman–Crippen LogP) is 2.27. The Morgan fingerprint density at radius 1 is 1.22 bits per heavy atom. The highest BCUT2D eigenvalue weighted by molar-refractivity contribution is 5.73. The molecule has 0 radical (unpaired) electrons. The predicted molar refractivity (Wildman–Crippen MR) is 86.7 cm³/mol. The number of amides is 1. The van der Waals surface area contributed by atoms with E-state index in [0.29, 0.717) is 11.8 Å². The first-order valence-electron chi connectivity index (χ1n) is 7.94. The third-order valence-electron chi connectivity index (χ3n) is 4.37. The lowest BCUT2D eigenvalue weighted by Gasteiger charge is -2.36. The van der Waals surface area contributed by atoms with Crippen LogP contribution in [0.25, 0.3) is 11.5 Å². The van der Waals surface area contributed by atoms with Crippen molar-refractivity contribution in [3.05, 3.63) is 35.7 Å². The summed E-state index contributed by atoms with van der Waals surface area (Å²) in [5, 5.41) is 8.39. The van der Waals surface area contributed by atoms with Crippen molar-refractivity contribution in [2.45, 2.75) is 26.8 Å². The van der Waals surface area contributed by atoms with Crippen LogP contribution in [0.15, 0.2) is 28.7 Å². The minimum atomic E-state index is 0.0511. The molecule has 1 aliphatic heterocycles. The zero-order chi connectivity index (χ0) is 16.4. The molecule has 1 saturated heterocycles. The summed E-state index contributed by atoms with van der Waals surface area (Å²) in [6.45, 7) is 8.86. The van der Waals surface area contributed by atoms with Crippen LogP contribution in [0.2, 0.25) is 0 Å². The Morgan fingerprint density at radius 3 is 2.61 bits per heavy atom. The minimum Gasteiger partial charge on any atom is -0.419 e. The first kappa shape index (κ1) is 15.7. The second-order valence-electron chi connectivity index (χ2n) is 6.03. The van der Waals surface area contributed by atoms with Crippen LogP contribution in [0, 0.1) is 6.92 Å². The average Bonchev–Trinajstić information content (AvgIpc) is 3.04. The van der Waals surface area contributed by atoms with E-state index in [1.165, 1.54) is 0 Å². The summed E-state index contributed by atoms with van der Waals surface area (Å²) < 4.78 is 5.87. The second-order valence-corrected chi connectivity index (χ2v) is 6.03. The fourth-order valence-electron chi connectivity index (χ4n) is 2.88. The lowest BCUT2D eigenvalue weighted by Crippen LogP contribution is -2.48. The van der Waals surface area contributed by atoms with Crippen molar-refractivity contribution >= 4 is 5.91 Å². The van der Waals surface area contributed by atoms with Crippen LogP contribution >= 0.6 is 0 Å². The molecule has 6 nitrogen and oxygen atoms in total. The van der Waals surface area contributed by atoms with E-state index < -0.39 is 0 Å². The number of aromatic nitrogens is 2. The molecule has 1 amide bonds. The third-order valence-corrected chi connectivity index (χ3v) is 4.37. The Bertz CT molecular complexity index is 689. The Kier molecular flexibility index (Phi) is 4.43. The number of hydrogen-bond donors (Lipinski definition) is 0. The van der Waals surface area contributed by atoms with Gasteiger partial charge in [0, 0.05) is 38.7 Å². The van der Waals surface area contributed by atoms with Gasteiger partial charge in [-0.3, -0.25) is 9.69 Å². The monoisotopic (exact) mass is 314 g/mol. The van der Waals surface area contributed by atoms with Gasteiger partial charge < -0.3 is 9.32 Å². The van der Waals surface area contributed by atoms with Crippen molar-refractivity contribution in [2.24, 2.45) is 0 Å². The van der Waals surface area contributed by atoms with Crippen LogP contribution in [0.3, 0.4) is 0 Å². The van der Waals surface area contributed by atoms with Gasteiger partial charge in [-0.15, -0.1) is 10.2 Å². The van der Waals surface area contributed by atoms with E-state index in [0.717, 1.165) is 37.3 Å². The van der Waals surface area contributed by atoms with Crippen LogP contribution < -0.4 is 0 Å². The van der Waals surface area contributed by atoms with Gasteiger partial charge in [-0.1, -0.05) is 17.7 Å². The molecule has 3 rings (SSSR count). The Hall–Kier alpha value is -2.21. The highest BCUT2D eigenvalue weighted by atomic mass is 16.4. The fraction of sp³-hybridized carbons (Fsp3) is 0.471. The van der Waals surface area contributed by atoms with Gasteiger partial charge in [0.1, 0.15) is 0 Å². The zero-order valence-corrected chi connectivity index (χ0v) is 13.8. The topological polar surface area (TPSA) is 62.5 Å². The van der Waals surface area contributed by atoms with Crippen molar-refractivity contribution in [3.8, 4) is 11.5 Å². The van der Waals surface area contributed by atoms with Crippen LogP contribution in [-0.2, 0) is 4.79 Å². The molecule has 122 valence electrons. The van der Waals surface area contributed by atoms with Crippen molar-refractivity contribution in [1.29, 1.82) is 0 Å². The summed E-state index contributed by atoms with van der Waals surface area (Å²) in [4.78, 5) is 15.5. The Balaban J connectivity index is 1.69. The lowest BCUT2D eigenvalue weighted by atomic mass is 10.1. The smallest absolute Gasteiger partial charge is 0.247 e. The molecular formula is C17H22N4O2. The minimum absolute atomic E-state index is 0.0511. The van der Waals surface area contributed by atoms with Gasteiger partial charge in [0.25, 0.3) is 0 Å². The van der Waals surface area contributed by atoms with E-state index in [2.05, 4.69) is 22.0 Å². The molecular weight excluding hydrogens is 292 g/mol. The van der Waals surface area contributed by atoms with Crippen LogP contribution in [-0.4, -0.2) is 52.1 Å². The molecule has 2 aromatic rings. The number of carbonyl (C=O) groups is 1. The third kappa shape index (κ3) is 3.42. The van der Waals surface area contributed by atoms with E-state index in [1.807, 2.05) is 36.1 Å². The largest absolute Gasteiger partial charge is 0.419 e. The highest BCUT2D eigenvalue weighted by Gasteiger charge is 2.26. The van der Waals surface area contributed by atoms with Crippen molar-refractivity contribution in [2.75, 3.05) is 26.2 Å². The van der Waals surface area contributed by atoms with Crippen LogP contribution in [0.1, 0.15) is 31.3 Å². The molecule has 1 fully saturated rings. The Labute approximate surface area is 136 Å². The zero-order valence-electron chi connectivity index (χ0n) is 13.8. The maximum atomic E-state index is 11.4. The number of nitrogens with zero attached hydrogens (tertiary/aromatic N) is 4. The van der Waals surface area contributed by atoms with Gasteiger partial charge in [0.2, 0.25) is 17.7 Å². The lowest BCUT2D eigenvalue weighted by molar-refractivity contribution is -0.130. The molecule has 1 atom stereocenters. The summed E-state index contributed by atoms with van der Waals surface area (Å²) in [5.41, 5.74) is 2.10. The number of benzene rings is 1. The molecule has 0 N–H and O–H groups in total. The molecule has 0 aliphatic carbocycles. The number of rotatable bonds is 3. The fourth-order valence-corrected chi connectivity index (χ4v) is 2.88. The standard InChI is InChI=1S/C17H22N4O2/c1-12-5-4-6-15(11-12)17-19-18-16(23-17)13(2)20-7-9-21(10-8-20)14(3)22/h4-6,11,13H,7-10H2,1-3H3/t13-/m0/s1. The van der Waals surface area contributed by atoms with E-state index in [9.17, 15) is 4.79 Å². The number of hydrogen-bond acceptors (Lipinski definition) is 5. The molecule has 2 heterocycles. The van der Waals surface area contributed by atoms with Gasteiger partial charge in [-0.05, 0) is 26.0 Å². The van der Waals surface area contributed by atoms with Gasteiger partial charge in [-0.2, -0.15) is 0 Å². The number of piperazine rings is 1. The highest BCUT2D eigenvalue weighted by Crippen LogP contribution is 2.25. The van der Waals surface area contributed by atoms with Gasteiger partial charge >= 0.3 is 0 Å². The summed E-state index contributed by atoms with van der Waals surface area (Å²) in [6.07, 6.45) is 0. The summed E-state index contributed by atoms with van der Waals surface area (Å²) in [5.74, 6) is 1.31. The molecule has 6 heteroatoms. The normalized spacial score (nSPS) is 17.3. The molecule has 23 heavy (non-hydrogen) atoms. The molecule has 1 aliphatic rings. The molecule has 0 saturated carbocycles. The van der Waals surface area contributed by atoms with E-state index in [-0.39, 0.29) is 11.9 Å². The SMILES string of the molecule is CC(=O)N1CCN([C@@H](C)c2nnc(-c3cccc(C)c3)o2)CC1. The van der Waals surface area contributed by atoms with E-state index >= 15 is 0 Å². The average molecular weight is 314 g/mol. The van der Waals surface area contributed by atoms with E-state index in [1.54, 1.807) is 6.92 Å². The summed E-state index contributed by atoms with van der Waals surface area (Å²) in [7, 11) is 0. The first-order valence-corrected chi connectivity index (χ1v) is 7.94. The maximum absolute atomic E-state index is 11.4. The number of aryl methyl sites for hydroxylation is 1. The van der Waals surface area contributed by atoms with Gasteiger partial charge in [0.05, 0.1) is 6.04 Å². The Morgan fingerprint density at radius 2 is 1.96 bits per heavy atom. The molecule has 0 unspecified atom stereocenters. The van der Waals surface area contributed by atoms with Crippen LogP contribution in [0.4, 0.5) is 0 Å². The first-order chi connectivity index (χ1) is 11.0. The molecule has 0 bridgehead atoms. The van der Waals surface area contributed by atoms with Gasteiger partial charge in [-0.25, -0.2) is 0 Å². The quantitative estimate of drug-likeness (QED) is 0.869. The second kappa shape index (κ2) is 6.50. The summed E-state index contributed by atoms with van der Waals surface area (Å²) >= 11 is 0. The van der Waals surface area contributed by atoms with Crippen LogP contribution in [0.5, 0.6) is 0 Å². The van der Waals surface area contributed by atoms with E-state index in [4.69, 9.17) is 4.42 Å². The summed E-state index contributed by atoms with van der Waals surface area (Å²) in [6, 6.07) is 8.08. The van der Waals surface area contributed by atoms with Gasteiger partial charge in [0.15, 0.2) is 0 Å². The molecule has 0 spiro atoms. The number of carbonyl (C=O) groups excluding carboxylic acids is 1.